The van der Waals surface area contributed by atoms with Crippen LogP contribution in [-0.2, 0) is 0 Å². The van der Waals surface area contributed by atoms with Crippen molar-refractivity contribution in [2.45, 2.75) is 45.1 Å². The van der Waals surface area contributed by atoms with Gasteiger partial charge in [-0.1, -0.05) is 59.8 Å². The number of hydrogen-bond donors (Lipinski definition) is 1. The molecule has 1 aliphatic rings. The molecule has 1 aliphatic carbocycles. The molecule has 0 saturated heterocycles. The summed E-state index contributed by atoms with van der Waals surface area (Å²) in [7, 11) is 0. The minimum Gasteiger partial charge on any atom is -0.310 e. The molecule has 17 heavy (non-hydrogen) atoms. The van der Waals surface area contributed by atoms with Gasteiger partial charge in [0.1, 0.15) is 0 Å². The summed E-state index contributed by atoms with van der Waals surface area (Å²) in [5.41, 5.74) is 1.36. The van der Waals surface area contributed by atoms with Crippen LogP contribution in [0.3, 0.4) is 0 Å². The van der Waals surface area contributed by atoms with Crippen LogP contribution in [-0.4, -0.2) is 6.54 Å². The van der Waals surface area contributed by atoms with Gasteiger partial charge in [-0.05, 0) is 37.4 Å². The molecule has 2 rings (SSSR count). The van der Waals surface area contributed by atoms with Gasteiger partial charge in [0.25, 0.3) is 0 Å². The Balaban J connectivity index is 1.77. The summed E-state index contributed by atoms with van der Waals surface area (Å²) in [6, 6.07) is 8.92. The predicted octanol–water partition coefficient (Wildman–Crippen LogP) is 4.68. The van der Waals surface area contributed by atoms with E-state index in [0.29, 0.717) is 6.04 Å². The molecule has 1 saturated carbocycles. The highest BCUT2D eigenvalue weighted by Gasteiger charge is 2.15. The molecule has 0 heterocycles. The molecule has 0 spiro atoms. The summed E-state index contributed by atoms with van der Waals surface area (Å²) < 4.78 is 1.21. The van der Waals surface area contributed by atoms with Crippen LogP contribution in [0.1, 0.15) is 50.6 Å². The monoisotopic (exact) mass is 295 g/mol. The van der Waals surface area contributed by atoms with Crippen molar-refractivity contribution in [2.75, 3.05) is 6.54 Å². The van der Waals surface area contributed by atoms with E-state index >= 15 is 0 Å². The van der Waals surface area contributed by atoms with E-state index in [0.717, 1.165) is 12.5 Å². The lowest BCUT2D eigenvalue weighted by atomic mass is 10.0. The van der Waals surface area contributed by atoms with Gasteiger partial charge in [0.05, 0.1) is 0 Å². The summed E-state index contributed by atoms with van der Waals surface area (Å²) in [4.78, 5) is 0. The van der Waals surface area contributed by atoms with Crippen molar-refractivity contribution < 1.29 is 0 Å². The zero-order chi connectivity index (χ0) is 12.1. The number of nitrogens with one attached hydrogen (secondary N) is 1. The third kappa shape index (κ3) is 3.82. The molecule has 2 heteroatoms. The van der Waals surface area contributed by atoms with E-state index in [-0.39, 0.29) is 0 Å². The third-order valence-corrected chi connectivity index (χ3v) is 4.57. The highest BCUT2D eigenvalue weighted by Crippen LogP contribution is 2.27. The normalized spacial score (nSPS) is 18.5. The molecule has 94 valence electrons. The van der Waals surface area contributed by atoms with Crippen LogP contribution >= 0.6 is 15.9 Å². The van der Waals surface area contributed by atoms with Gasteiger partial charge >= 0.3 is 0 Å². The second-order valence-electron chi connectivity index (χ2n) is 5.14. The number of rotatable bonds is 5. The number of benzene rings is 1. The molecular weight excluding hydrogens is 274 g/mol. The zero-order valence-corrected chi connectivity index (χ0v) is 12.2. The predicted molar refractivity (Wildman–Crippen MR) is 77.1 cm³/mol. The first kappa shape index (κ1) is 13.1. The van der Waals surface area contributed by atoms with Gasteiger partial charge in [0.15, 0.2) is 0 Å². The second-order valence-corrected chi connectivity index (χ2v) is 5.99. The van der Waals surface area contributed by atoms with Crippen LogP contribution in [0.4, 0.5) is 0 Å². The maximum Gasteiger partial charge on any atom is 0.0302 e. The van der Waals surface area contributed by atoms with Crippen LogP contribution in [0.25, 0.3) is 0 Å². The number of halogens is 1. The third-order valence-electron chi connectivity index (χ3n) is 3.85. The first-order chi connectivity index (χ1) is 8.27. The molecule has 0 radical (unpaired) electrons. The summed E-state index contributed by atoms with van der Waals surface area (Å²) in [5, 5.41) is 3.64. The summed E-state index contributed by atoms with van der Waals surface area (Å²) in [6.07, 6.45) is 7.14. The molecular formula is C15H22BrN. The van der Waals surface area contributed by atoms with Crippen molar-refractivity contribution in [1.29, 1.82) is 0 Å². The van der Waals surface area contributed by atoms with E-state index < -0.39 is 0 Å². The smallest absolute Gasteiger partial charge is 0.0302 e. The van der Waals surface area contributed by atoms with Crippen molar-refractivity contribution in [3.8, 4) is 0 Å². The van der Waals surface area contributed by atoms with E-state index in [2.05, 4.69) is 52.4 Å². The van der Waals surface area contributed by atoms with Gasteiger partial charge in [-0.25, -0.2) is 0 Å². The van der Waals surface area contributed by atoms with Crippen LogP contribution in [0, 0.1) is 5.92 Å². The maximum absolute atomic E-state index is 3.64. The van der Waals surface area contributed by atoms with Crippen LogP contribution in [0.15, 0.2) is 28.7 Å². The molecule has 0 aliphatic heterocycles. The van der Waals surface area contributed by atoms with Gasteiger partial charge in [-0.3, -0.25) is 0 Å². The Morgan fingerprint density at radius 2 is 2.00 bits per heavy atom. The Kier molecular flexibility index (Phi) is 5.05. The highest BCUT2D eigenvalue weighted by molar-refractivity contribution is 9.10. The van der Waals surface area contributed by atoms with Crippen molar-refractivity contribution in [3.63, 3.8) is 0 Å². The minimum atomic E-state index is 0.437. The SMILES string of the molecule is C[C@H](NCCC1CCCC1)c1ccccc1Br. The summed E-state index contributed by atoms with van der Waals surface area (Å²) >= 11 is 3.62. The Bertz CT molecular complexity index is 345. The van der Waals surface area contributed by atoms with E-state index in [1.165, 1.54) is 42.1 Å². The van der Waals surface area contributed by atoms with Gasteiger partial charge in [0.2, 0.25) is 0 Å². The summed E-state index contributed by atoms with van der Waals surface area (Å²) in [6.45, 7) is 3.39. The maximum atomic E-state index is 3.64. The Hall–Kier alpha value is -0.340. The molecule has 1 aromatic carbocycles. The molecule has 1 atom stereocenters. The molecule has 1 aromatic rings. The lowest BCUT2D eigenvalue weighted by Crippen LogP contribution is -2.21. The van der Waals surface area contributed by atoms with Crippen molar-refractivity contribution in [1.82, 2.24) is 5.32 Å². The Morgan fingerprint density at radius 1 is 1.29 bits per heavy atom. The Labute approximate surface area is 113 Å². The van der Waals surface area contributed by atoms with E-state index in [9.17, 15) is 0 Å². The standard InChI is InChI=1S/C15H22BrN/c1-12(14-8-4-5-9-15(14)16)17-11-10-13-6-2-3-7-13/h4-5,8-9,12-13,17H,2-3,6-7,10-11H2,1H3/t12-/m0/s1. The van der Waals surface area contributed by atoms with Crippen LogP contribution < -0.4 is 5.32 Å². The van der Waals surface area contributed by atoms with Gasteiger partial charge in [0, 0.05) is 10.5 Å². The lowest BCUT2D eigenvalue weighted by Gasteiger charge is -2.17. The van der Waals surface area contributed by atoms with Gasteiger partial charge < -0.3 is 5.32 Å². The Morgan fingerprint density at radius 3 is 2.71 bits per heavy atom. The average Bonchev–Trinajstić information content (AvgIpc) is 2.82. The first-order valence-corrected chi connectivity index (χ1v) is 7.54. The largest absolute Gasteiger partial charge is 0.310 e. The fourth-order valence-corrected chi connectivity index (χ4v) is 3.37. The van der Waals surface area contributed by atoms with Crippen molar-refractivity contribution in [2.24, 2.45) is 5.92 Å². The highest BCUT2D eigenvalue weighted by atomic mass is 79.9. The minimum absolute atomic E-state index is 0.437. The molecule has 1 nitrogen and oxygen atoms in total. The lowest BCUT2D eigenvalue weighted by molar-refractivity contribution is 0.454. The molecule has 0 amide bonds. The molecule has 1 N–H and O–H groups in total. The van der Waals surface area contributed by atoms with Crippen LogP contribution in [0.5, 0.6) is 0 Å². The van der Waals surface area contributed by atoms with Crippen molar-refractivity contribution in [3.05, 3.63) is 34.3 Å². The summed E-state index contributed by atoms with van der Waals surface area (Å²) in [5.74, 6) is 0.980. The topological polar surface area (TPSA) is 12.0 Å². The molecule has 0 bridgehead atoms. The first-order valence-electron chi connectivity index (χ1n) is 6.75. The fourth-order valence-electron chi connectivity index (χ4n) is 2.74. The zero-order valence-electron chi connectivity index (χ0n) is 10.6. The van der Waals surface area contributed by atoms with Gasteiger partial charge in [-0.15, -0.1) is 0 Å². The molecule has 0 unspecified atom stereocenters. The van der Waals surface area contributed by atoms with E-state index in [1.54, 1.807) is 0 Å². The fraction of sp³-hybridized carbons (Fsp3) is 0.600. The second kappa shape index (κ2) is 6.55. The van der Waals surface area contributed by atoms with E-state index in [4.69, 9.17) is 0 Å². The van der Waals surface area contributed by atoms with E-state index in [1.807, 2.05) is 0 Å². The number of hydrogen-bond acceptors (Lipinski definition) is 1. The quantitative estimate of drug-likeness (QED) is 0.832. The van der Waals surface area contributed by atoms with Crippen molar-refractivity contribution >= 4 is 15.9 Å². The van der Waals surface area contributed by atoms with Crippen LogP contribution in [0.2, 0.25) is 0 Å². The molecule has 0 aromatic heterocycles. The van der Waals surface area contributed by atoms with Gasteiger partial charge in [-0.2, -0.15) is 0 Å². The average molecular weight is 296 g/mol. The molecule has 1 fully saturated rings.